The summed E-state index contributed by atoms with van der Waals surface area (Å²) < 4.78 is 17.0. The van der Waals surface area contributed by atoms with E-state index in [9.17, 15) is 14.7 Å². The number of carbonyl (C=O) groups is 1. The molecule has 1 saturated heterocycles. The summed E-state index contributed by atoms with van der Waals surface area (Å²) in [4.78, 5) is 23.6. The molecule has 2 heterocycles. The monoisotopic (exact) mass is 386 g/mol. The van der Waals surface area contributed by atoms with Crippen LogP contribution in [0.2, 0.25) is 0 Å². The van der Waals surface area contributed by atoms with Crippen LogP contribution in [0.3, 0.4) is 0 Å². The predicted molar refractivity (Wildman–Crippen MR) is 103 cm³/mol. The molecule has 2 aromatic rings. The number of carboxylic acids is 1. The number of allylic oxidation sites excluding steroid dienone is 4. The van der Waals surface area contributed by atoms with Gasteiger partial charge in [-0.15, -0.1) is 0 Å². The van der Waals surface area contributed by atoms with Crippen LogP contribution in [-0.4, -0.2) is 28.6 Å². The summed E-state index contributed by atoms with van der Waals surface area (Å²) in [6.45, 7) is 3.69. The number of aliphatic carboxylic acids is 1. The molecule has 2 atom stereocenters. The van der Waals surface area contributed by atoms with Crippen LogP contribution in [0.15, 0.2) is 45.6 Å². The van der Waals surface area contributed by atoms with Gasteiger partial charge in [-0.25, -0.2) is 4.79 Å². The zero-order chi connectivity index (χ0) is 20.3. The van der Waals surface area contributed by atoms with E-state index in [0.29, 0.717) is 25.0 Å². The van der Waals surface area contributed by atoms with Crippen molar-refractivity contribution in [3.05, 3.63) is 52.4 Å². The van der Waals surface area contributed by atoms with Crippen LogP contribution in [0.1, 0.15) is 38.9 Å². The minimum absolute atomic E-state index is 0.0556. The highest BCUT2D eigenvalue weighted by molar-refractivity contribution is 5.86. The molecule has 0 spiro atoms. The Balaban J connectivity index is 1.96. The lowest BCUT2D eigenvalue weighted by molar-refractivity contribution is -0.181. The van der Waals surface area contributed by atoms with Gasteiger partial charge < -0.3 is 24.1 Å². The number of benzene rings is 1. The van der Waals surface area contributed by atoms with Crippen LogP contribution in [-0.2, 0) is 9.53 Å². The third kappa shape index (κ3) is 4.09. The average molecular weight is 386 g/mol. The first-order valence-electron chi connectivity index (χ1n) is 9.08. The number of hydrogen-bond donors (Lipinski definition) is 2. The van der Waals surface area contributed by atoms with E-state index in [1.807, 2.05) is 32.1 Å². The SMILES string of the molecule is C/C=C\C(=C/C)c1cc(=O)c2c(O)cc(OC3CCCC(C(=O)O)O3)cc2o1. The molecule has 0 radical (unpaired) electrons. The number of aromatic hydroxyl groups is 1. The van der Waals surface area contributed by atoms with Crippen molar-refractivity contribution in [2.24, 2.45) is 0 Å². The lowest BCUT2D eigenvalue weighted by Crippen LogP contribution is -2.36. The number of carboxylic acid groups (broad SMARTS) is 1. The van der Waals surface area contributed by atoms with Gasteiger partial charge in [0.1, 0.15) is 28.2 Å². The first kappa shape index (κ1) is 19.7. The van der Waals surface area contributed by atoms with Gasteiger partial charge in [0.15, 0.2) is 11.5 Å². The Hall–Kier alpha value is -3.06. The highest BCUT2D eigenvalue weighted by Crippen LogP contribution is 2.32. The second-order valence-corrected chi connectivity index (χ2v) is 6.48. The summed E-state index contributed by atoms with van der Waals surface area (Å²) in [5.41, 5.74) is 0.531. The van der Waals surface area contributed by atoms with Crippen LogP contribution < -0.4 is 10.2 Å². The molecule has 1 aromatic carbocycles. The van der Waals surface area contributed by atoms with E-state index in [1.165, 1.54) is 18.2 Å². The summed E-state index contributed by atoms with van der Waals surface area (Å²) >= 11 is 0. The molecule has 7 heteroatoms. The predicted octanol–water partition coefficient (Wildman–Crippen LogP) is 3.84. The Morgan fingerprint density at radius 3 is 2.71 bits per heavy atom. The maximum Gasteiger partial charge on any atom is 0.332 e. The molecule has 0 bridgehead atoms. The van der Waals surface area contributed by atoms with Crippen LogP contribution in [0, 0.1) is 0 Å². The summed E-state index contributed by atoms with van der Waals surface area (Å²) in [5.74, 6) is -0.705. The minimum atomic E-state index is -1.03. The zero-order valence-electron chi connectivity index (χ0n) is 15.7. The Morgan fingerprint density at radius 2 is 2.04 bits per heavy atom. The van der Waals surface area contributed by atoms with E-state index < -0.39 is 18.4 Å². The first-order chi connectivity index (χ1) is 13.4. The molecule has 1 aliphatic heterocycles. The quantitative estimate of drug-likeness (QED) is 0.752. The van der Waals surface area contributed by atoms with Gasteiger partial charge in [0, 0.05) is 30.2 Å². The lowest BCUT2D eigenvalue weighted by atomic mass is 10.1. The normalized spacial score (nSPS) is 20.6. The zero-order valence-corrected chi connectivity index (χ0v) is 15.7. The maximum absolute atomic E-state index is 12.5. The molecule has 2 unspecified atom stereocenters. The Kier molecular flexibility index (Phi) is 5.84. The fourth-order valence-corrected chi connectivity index (χ4v) is 3.16. The summed E-state index contributed by atoms with van der Waals surface area (Å²) in [6.07, 6.45) is 5.37. The molecule has 7 nitrogen and oxygen atoms in total. The van der Waals surface area contributed by atoms with Crippen molar-refractivity contribution in [2.75, 3.05) is 0 Å². The van der Waals surface area contributed by atoms with Crippen LogP contribution in [0.5, 0.6) is 11.5 Å². The van der Waals surface area contributed by atoms with Crippen LogP contribution in [0.4, 0.5) is 0 Å². The Bertz CT molecular complexity index is 1000. The summed E-state index contributed by atoms with van der Waals surface area (Å²) in [6, 6.07) is 4.13. The van der Waals surface area contributed by atoms with Gasteiger partial charge in [0.25, 0.3) is 0 Å². The van der Waals surface area contributed by atoms with E-state index in [-0.39, 0.29) is 27.9 Å². The lowest BCUT2D eigenvalue weighted by Gasteiger charge is -2.27. The molecule has 1 fully saturated rings. The van der Waals surface area contributed by atoms with E-state index in [1.54, 1.807) is 0 Å². The minimum Gasteiger partial charge on any atom is -0.507 e. The Morgan fingerprint density at radius 1 is 1.25 bits per heavy atom. The van der Waals surface area contributed by atoms with Gasteiger partial charge in [-0.3, -0.25) is 4.79 Å². The van der Waals surface area contributed by atoms with E-state index in [2.05, 4.69) is 0 Å². The highest BCUT2D eigenvalue weighted by atomic mass is 16.7. The average Bonchev–Trinajstić information content (AvgIpc) is 2.65. The van der Waals surface area contributed by atoms with Crippen molar-refractivity contribution in [1.82, 2.24) is 0 Å². The fourth-order valence-electron chi connectivity index (χ4n) is 3.16. The third-order valence-electron chi connectivity index (χ3n) is 4.49. The molecule has 0 saturated carbocycles. The Labute approximate surface area is 161 Å². The molecule has 1 aliphatic rings. The molecule has 2 N–H and O–H groups in total. The topological polar surface area (TPSA) is 106 Å². The van der Waals surface area contributed by atoms with Crippen molar-refractivity contribution in [3.8, 4) is 11.5 Å². The van der Waals surface area contributed by atoms with Crippen LogP contribution in [0.25, 0.3) is 16.5 Å². The highest BCUT2D eigenvalue weighted by Gasteiger charge is 2.29. The van der Waals surface area contributed by atoms with E-state index >= 15 is 0 Å². The smallest absolute Gasteiger partial charge is 0.332 e. The molecule has 1 aromatic heterocycles. The number of hydrogen-bond acceptors (Lipinski definition) is 6. The van der Waals surface area contributed by atoms with Crippen molar-refractivity contribution in [2.45, 2.75) is 45.5 Å². The molecule has 0 aliphatic carbocycles. The van der Waals surface area contributed by atoms with Gasteiger partial charge >= 0.3 is 5.97 Å². The molecule has 0 amide bonds. The standard InChI is InChI=1S/C21H22O7/c1-3-6-12(4-2)17-11-15(23)20-14(22)9-13(10-18(20)27-17)26-19-8-5-7-16(28-19)21(24)25/h3-4,6,9-11,16,19,22H,5,7-8H2,1-2H3,(H,24,25)/b6-3-,12-4+. The van der Waals surface area contributed by atoms with Crippen molar-refractivity contribution in [3.63, 3.8) is 0 Å². The second kappa shape index (κ2) is 8.31. The van der Waals surface area contributed by atoms with Crippen molar-refractivity contribution >= 4 is 22.5 Å². The number of fused-ring (bicyclic) bond motifs is 1. The van der Waals surface area contributed by atoms with Gasteiger partial charge in [0.05, 0.1) is 0 Å². The maximum atomic E-state index is 12.5. The number of ether oxygens (including phenoxy) is 2. The van der Waals surface area contributed by atoms with E-state index in [0.717, 1.165) is 5.57 Å². The van der Waals surface area contributed by atoms with Gasteiger partial charge in [-0.2, -0.15) is 0 Å². The number of phenols is 1. The molecular weight excluding hydrogens is 364 g/mol. The van der Waals surface area contributed by atoms with Crippen molar-refractivity contribution < 1.29 is 28.9 Å². The number of phenolic OH excluding ortho intramolecular Hbond substituents is 1. The summed E-state index contributed by atoms with van der Waals surface area (Å²) in [5, 5.41) is 19.5. The largest absolute Gasteiger partial charge is 0.507 e. The molecule has 3 rings (SSSR count). The number of rotatable bonds is 5. The molecule has 28 heavy (non-hydrogen) atoms. The third-order valence-corrected chi connectivity index (χ3v) is 4.49. The van der Waals surface area contributed by atoms with Gasteiger partial charge in [-0.05, 0) is 26.7 Å². The van der Waals surface area contributed by atoms with Crippen LogP contribution >= 0.6 is 0 Å². The van der Waals surface area contributed by atoms with Gasteiger partial charge in [0.2, 0.25) is 6.29 Å². The molecule has 148 valence electrons. The molecular formula is C21H22O7. The fraction of sp³-hybridized carbons (Fsp3) is 0.333. The van der Waals surface area contributed by atoms with Crippen molar-refractivity contribution in [1.29, 1.82) is 0 Å². The second-order valence-electron chi connectivity index (χ2n) is 6.48. The van der Waals surface area contributed by atoms with E-state index in [4.69, 9.17) is 19.0 Å². The summed E-state index contributed by atoms with van der Waals surface area (Å²) in [7, 11) is 0. The van der Waals surface area contributed by atoms with Gasteiger partial charge in [-0.1, -0.05) is 18.2 Å². The first-order valence-corrected chi connectivity index (χ1v) is 9.08.